The number of aliphatic hydroxyl groups is 2. The fraction of sp³-hybridized carbons (Fsp3) is 0.886. The van der Waals surface area contributed by atoms with E-state index in [0.717, 1.165) is 56.8 Å². The molecule has 5 saturated carbocycles. The fourth-order valence-electron chi connectivity index (χ4n) is 11.9. The van der Waals surface area contributed by atoms with Crippen molar-refractivity contribution in [2.45, 2.75) is 158 Å². The highest BCUT2D eigenvalue weighted by atomic mass is 16.8. The number of carbonyl (C=O) groups excluding carboxylic acids is 2. The van der Waals surface area contributed by atoms with Gasteiger partial charge in [-0.3, -0.25) is 0 Å². The molecule has 9 nitrogen and oxygen atoms in total. The van der Waals surface area contributed by atoms with E-state index in [1.165, 1.54) is 6.42 Å². The van der Waals surface area contributed by atoms with Gasteiger partial charge in [-0.2, -0.15) is 0 Å². The fourth-order valence-corrected chi connectivity index (χ4v) is 11.9. The summed E-state index contributed by atoms with van der Waals surface area (Å²) in [5.41, 5.74) is -2.42. The largest absolute Gasteiger partial charge is 0.458 e. The lowest BCUT2D eigenvalue weighted by atomic mass is 9.41. The van der Waals surface area contributed by atoms with Crippen LogP contribution in [0.15, 0.2) is 11.6 Å². The van der Waals surface area contributed by atoms with E-state index in [9.17, 15) is 19.8 Å². The first-order valence-electron chi connectivity index (χ1n) is 17.5. The molecule has 8 aliphatic rings. The molecule has 2 N–H and O–H groups in total. The maximum atomic E-state index is 13.2. The first-order chi connectivity index (χ1) is 21.0. The van der Waals surface area contributed by atoms with Crippen LogP contribution in [-0.4, -0.2) is 76.8 Å². The normalized spacial score (nSPS) is 52.8. The van der Waals surface area contributed by atoms with Gasteiger partial charge in [0.05, 0.1) is 34.9 Å². The van der Waals surface area contributed by atoms with Crippen molar-refractivity contribution in [3.63, 3.8) is 0 Å². The summed E-state index contributed by atoms with van der Waals surface area (Å²) in [6.45, 7) is 4.52. The number of hydrogen-bond donors (Lipinski definition) is 2. The van der Waals surface area contributed by atoms with Crippen molar-refractivity contribution in [3.8, 4) is 0 Å². The highest BCUT2D eigenvalue weighted by Crippen LogP contribution is 2.70. The zero-order valence-electron chi connectivity index (χ0n) is 26.3. The second-order valence-electron chi connectivity index (χ2n) is 16.0. The lowest BCUT2D eigenvalue weighted by molar-refractivity contribution is -0.278. The van der Waals surface area contributed by atoms with Crippen LogP contribution in [0.5, 0.6) is 0 Å². The van der Waals surface area contributed by atoms with Crippen molar-refractivity contribution in [2.75, 3.05) is 6.61 Å². The van der Waals surface area contributed by atoms with E-state index in [1.54, 1.807) is 6.08 Å². The smallest absolute Gasteiger partial charge is 0.331 e. The van der Waals surface area contributed by atoms with E-state index < -0.39 is 28.7 Å². The van der Waals surface area contributed by atoms with Crippen molar-refractivity contribution in [2.24, 2.45) is 28.6 Å². The topological polar surface area (TPSA) is 121 Å². The van der Waals surface area contributed by atoms with Crippen molar-refractivity contribution >= 4 is 12.3 Å². The summed E-state index contributed by atoms with van der Waals surface area (Å²) in [5, 5.41) is 24.8. The number of aldehydes is 1. The highest BCUT2D eigenvalue weighted by Gasteiger charge is 2.71. The molecule has 0 radical (unpaired) electrons. The van der Waals surface area contributed by atoms with E-state index in [0.29, 0.717) is 51.6 Å². The number of carbonyl (C=O) groups is 2. The summed E-state index contributed by atoms with van der Waals surface area (Å²) < 4.78 is 31.2. The quantitative estimate of drug-likeness (QED) is 0.268. The summed E-state index contributed by atoms with van der Waals surface area (Å²) in [6.07, 6.45) is 13.4. The van der Waals surface area contributed by atoms with Crippen LogP contribution in [0.1, 0.15) is 110 Å². The Morgan fingerprint density at radius 3 is 2.50 bits per heavy atom. The lowest BCUT2D eigenvalue weighted by Crippen LogP contribution is -2.69. The Balaban J connectivity index is 0.971. The summed E-state index contributed by atoms with van der Waals surface area (Å²) in [4.78, 5) is 25.1. The zero-order chi connectivity index (χ0) is 30.5. The van der Waals surface area contributed by atoms with Gasteiger partial charge in [-0.25, -0.2) is 4.79 Å². The summed E-state index contributed by atoms with van der Waals surface area (Å²) in [6, 6.07) is 0. The molecule has 2 saturated heterocycles. The third-order valence-electron chi connectivity index (χ3n) is 14.1. The Hall–Kier alpha value is -1.36. The molecule has 1 spiro atoms. The predicted molar refractivity (Wildman–Crippen MR) is 157 cm³/mol. The van der Waals surface area contributed by atoms with Gasteiger partial charge in [-0.15, -0.1) is 0 Å². The maximum absolute atomic E-state index is 13.2. The van der Waals surface area contributed by atoms with Crippen molar-refractivity contribution in [1.29, 1.82) is 0 Å². The van der Waals surface area contributed by atoms with E-state index in [-0.39, 0.29) is 53.6 Å². The van der Waals surface area contributed by atoms with Gasteiger partial charge in [0.1, 0.15) is 19.0 Å². The molecule has 0 aromatic carbocycles. The molecule has 8 rings (SSSR count). The number of fused-ring (bicyclic) bond motifs is 6. The molecular weight excluding hydrogens is 564 g/mol. The van der Waals surface area contributed by atoms with E-state index >= 15 is 0 Å². The Bertz CT molecular complexity index is 1210. The van der Waals surface area contributed by atoms with Gasteiger partial charge < -0.3 is 38.7 Å². The first-order valence-corrected chi connectivity index (χ1v) is 17.5. The standard InChI is InChI=1S/C35H50O9/c1-21-30-27(43-34(44-30)10-4-3-5-11-34)17-29(41-21)42-23-6-13-32(20-36)25-7-12-31(2)24(22-16-28(37)40-19-22)9-15-35(31,39)26(25)8-14-33(32,38)18-23/h16,20-21,23-27,29-30,38-39H,3-15,17-19H2,1-2H3/t21?,23-,24+,25-,26?,27?,29?,30?,31+,32-,33-,35-/m0/s1. The van der Waals surface area contributed by atoms with Gasteiger partial charge in [0.25, 0.3) is 0 Å². The van der Waals surface area contributed by atoms with Crippen LogP contribution in [-0.2, 0) is 33.3 Å². The summed E-state index contributed by atoms with van der Waals surface area (Å²) in [5.74, 6) is -0.828. The Morgan fingerprint density at radius 1 is 0.955 bits per heavy atom. The van der Waals surface area contributed by atoms with E-state index in [4.69, 9.17) is 23.7 Å². The molecule has 0 aromatic rings. The summed E-state index contributed by atoms with van der Waals surface area (Å²) >= 11 is 0. The van der Waals surface area contributed by atoms with Gasteiger partial charge in [0, 0.05) is 37.2 Å². The number of hydrogen-bond acceptors (Lipinski definition) is 9. The number of cyclic esters (lactones) is 1. The van der Waals surface area contributed by atoms with Crippen LogP contribution in [0, 0.1) is 28.6 Å². The molecule has 7 fully saturated rings. The van der Waals surface area contributed by atoms with Gasteiger partial charge in [0.2, 0.25) is 0 Å². The molecular formula is C35H50O9. The Morgan fingerprint density at radius 2 is 1.75 bits per heavy atom. The van der Waals surface area contributed by atoms with E-state index in [2.05, 4.69) is 6.92 Å². The van der Waals surface area contributed by atoms with Crippen molar-refractivity contribution in [3.05, 3.63) is 11.6 Å². The molecule has 244 valence electrons. The molecule has 44 heavy (non-hydrogen) atoms. The highest BCUT2D eigenvalue weighted by molar-refractivity contribution is 5.85. The minimum Gasteiger partial charge on any atom is -0.458 e. The van der Waals surface area contributed by atoms with Gasteiger partial charge in [-0.05, 0) is 94.5 Å². The van der Waals surface area contributed by atoms with E-state index in [1.807, 2.05) is 6.92 Å². The molecule has 12 atom stereocenters. The lowest BCUT2D eigenvalue weighted by Gasteiger charge is -2.65. The SMILES string of the molecule is CC1OC(O[C@H]2CC[C@]3(C=O)[C@H]4CC[C@]5(C)[C@@H](C6=CC(=O)OC6)CC[C@]5(O)C4CC[C@]3(O)C2)CC2OC3(CCCCC3)OC12. The molecule has 0 bridgehead atoms. The Labute approximate surface area is 260 Å². The minimum atomic E-state index is -1.18. The average Bonchev–Trinajstić information content (AvgIpc) is 3.66. The maximum Gasteiger partial charge on any atom is 0.331 e. The molecule has 5 aliphatic carbocycles. The summed E-state index contributed by atoms with van der Waals surface area (Å²) in [7, 11) is 0. The average molecular weight is 615 g/mol. The number of rotatable bonds is 4. The number of esters is 1. The van der Waals surface area contributed by atoms with Gasteiger partial charge >= 0.3 is 5.97 Å². The van der Waals surface area contributed by atoms with Crippen molar-refractivity contribution < 1.29 is 43.5 Å². The third kappa shape index (κ3) is 4.18. The predicted octanol–water partition coefficient (Wildman–Crippen LogP) is 4.50. The number of ether oxygens (including phenoxy) is 5. The Kier molecular flexibility index (Phi) is 7.04. The molecule has 3 heterocycles. The van der Waals surface area contributed by atoms with Crippen LogP contribution in [0.3, 0.4) is 0 Å². The van der Waals surface area contributed by atoms with Gasteiger partial charge in [-0.1, -0.05) is 13.3 Å². The van der Waals surface area contributed by atoms with Crippen molar-refractivity contribution in [1.82, 2.24) is 0 Å². The van der Waals surface area contributed by atoms with Gasteiger partial charge in [0.15, 0.2) is 12.1 Å². The van der Waals surface area contributed by atoms with Crippen LogP contribution in [0.25, 0.3) is 0 Å². The van der Waals surface area contributed by atoms with Crippen LogP contribution in [0.4, 0.5) is 0 Å². The van der Waals surface area contributed by atoms with Crippen LogP contribution in [0.2, 0.25) is 0 Å². The second kappa shape index (κ2) is 10.3. The van der Waals surface area contributed by atoms with Crippen LogP contribution < -0.4 is 0 Å². The molecule has 0 amide bonds. The second-order valence-corrected chi connectivity index (χ2v) is 16.0. The zero-order valence-corrected chi connectivity index (χ0v) is 26.3. The first kappa shape index (κ1) is 30.0. The molecule has 0 aromatic heterocycles. The third-order valence-corrected chi connectivity index (χ3v) is 14.1. The minimum absolute atomic E-state index is 0.0600. The van der Waals surface area contributed by atoms with Crippen LogP contribution >= 0.6 is 0 Å². The monoisotopic (exact) mass is 614 g/mol. The molecule has 3 aliphatic heterocycles. The molecule has 9 heteroatoms. The molecule has 5 unspecified atom stereocenters.